The van der Waals surface area contributed by atoms with Crippen molar-refractivity contribution in [2.24, 2.45) is 5.92 Å². The summed E-state index contributed by atoms with van der Waals surface area (Å²) in [6, 6.07) is 5.84. The van der Waals surface area contributed by atoms with Crippen molar-refractivity contribution in [3.05, 3.63) is 42.0 Å². The van der Waals surface area contributed by atoms with Gasteiger partial charge in [-0.3, -0.25) is 9.59 Å². The van der Waals surface area contributed by atoms with Gasteiger partial charge in [0, 0.05) is 12.2 Å². The van der Waals surface area contributed by atoms with Gasteiger partial charge in [-0.1, -0.05) is 32.1 Å². The second-order valence-electron chi connectivity index (χ2n) is 4.97. The zero-order valence-electron chi connectivity index (χ0n) is 12.2. The highest BCUT2D eigenvalue weighted by Crippen LogP contribution is 2.18. The van der Waals surface area contributed by atoms with Crippen molar-refractivity contribution in [3.8, 4) is 0 Å². The molecule has 0 aromatic heterocycles. The predicted molar refractivity (Wildman–Crippen MR) is 77.0 cm³/mol. The van der Waals surface area contributed by atoms with Crippen molar-refractivity contribution in [1.82, 2.24) is 5.32 Å². The SMILES string of the molecule is CC(C)/C=C/C(=O)NCc1cccc(NC(=O)C(F)(F)F)c1. The molecule has 2 N–H and O–H groups in total. The fourth-order valence-corrected chi connectivity index (χ4v) is 1.49. The molecule has 0 aliphatic heterocycles. The van der Waals surface area contributed by atoms with Crippen LogP contribution < -0.4 is 10.6 Å². The number of nitrogens with one attached hydrogen (secondary N) is 2. The quantitative estimate of drug-likeness (QED) is 0.821. The molecule has 0 atom stereocenters. The lowest BCUT2D eigenvalue weighted by Gasteiger charge is -2.09. The van der Waals surface area contributed by atoms with Gasteiger partial charge in [0.25, 0.3) is 0 Å². The van der Waals surface area contributed by atoms with E-state index in [1.54, 1.807) is 17.5 Å². The second-order valence-corrected chi connectivity index (χ2v) is 4.97. The molecule has 0 heterocycles. The zero-order valence-corrected chi connectivity index (χ0v) is 12.2. The molecule has 22 heavy (non-hydrogen) atoms. The van der Waals surface area contributed by atoms with Crippen LogP contribution in [0.1, 0.15) is 19.4 Å². The standard InChI is InChI=1S/C15H17F3N2O2/c1-10(2)6-7-13(21)19-9-11-4-3-5-12(8-11)20-14(22)15(16,17)18/h3-8,10H,9H2,1-2H3,(H,19,21)(H,20,22)/b7-6+. The third kappa shape index (κ3) is 6.43. The van der Waals surface area contributed by atoms with Gasteiger partial charge in [-0.05, 0) is 29.7 Å². The monoisotopic (exact) mass is 314 g/mol. The van der Waals surface area contributed by atoms with Gasteiger partial charge in [0.05, 0.1) is 0 Å². The highest BCUT2D eigenvalue weighted by molar-refractivity contribution is 5.95. The molecule has 0 aliphatic carbocycles. The first-order valence-corrected chi connectivity index (χ1v) is 6.61. The molecule has 0 saturated heterocycles. The van der Waals surface area contributed by atoms with E-state index in [1.165, 1.54) is 24.3 Å². The lowest BCUT2D eigenvalue weighted by atomic mass is 10.2. The average Bonchev–Trinajstić information content (AvgIpc) is 2.42. The second kappa shape index (κ2) is 7.63. The van der Waals surface area contributed by atoms with Gasteiger partial charge in [-0.15, -0.1) is 0 Å². The Kier molecular flexibility index (Phi) is 6.15. The van der Waals surface area contributed by atoms with Crippen LogP contribution in [0.3, 0.4) is 0 Å². The van der Waals surface area contributed by atoms with Gasteiger partial charge >= 0.3 is 12.1 Å². The number of carbonyl (C=O) groups is 2. The molecular formula is C15H17F3N2O2. The highest BCUT2D eigenvalue weighted by atomic mass is 19.4. The lowest BCUT2D eigenvalue weighted by molar-refractivity contribution is -0.167. The molecule has 0 fully saturated rings. The maximum absolute atomic E-state index is 12.2. The summed E-state index contributed by atoms with van der Waals surface area (Å²) in [6.07, 6.45) is -1.80. The lowest BCUT2D eigenvalue weighted by Crippen LogP contribution is -2.30. The largest absolute Gasteiger partial charge is 0.471 e. The van der Waals surface area contributed by atoms with Crippen LogP contribution in [-0.4, -0.2) is 18.0 Å². The maximum Gasteiger partial charge on any atom is 0.471 e. The minimum absolute atomic E-state index is 0.0202. The third-order valence-corrected chi connectivity index (χ3v) is 2.54. The number of allylic oxidation sites excluding steroid dienone is 1. The van der Waals surface area contributed by atoms with Crippen molar-refractivity contribution in [2.45, 2.75) is 26.6 Å². The molecule has 1 rings (SSSR count). The van der Waals surface area contributed by atoms with Crippen LogP contribution in [0, 0.1) is 5.92 Å². The molecule has 4 nitrogen and oxygen atoms in total. The first-order valence-electron chi connectivity index (χ1n) is 6.61. The third-order valence-electron chi connectivity index (χ3n) is 2.54. The Bertz CT molecular complexity index is 566. The summed E-state index contributed by atoms with van der Waals surface area (Å²) in [7, 11) is 0. The molecular weight excluding hydrogens is 297 g/mol. The Morgan fingerprint density at radius 1 is 1.27 bits per heavy atom. The first kappa shape index (κ1) is 17.7. The number of amides is 2. The number of hydrogen-bond donors (Lipinski definition) is 2. The molecule has 7 heteroatoms. The van der Waals surface area contributed by atoms with Crippen molar-refractivity contribution >= 4 is 17.5 Å². The fourth-order valence-electron chi connectivity index (χ4n) is 1.49. The predicted octanol–water partition coefficient (Wildman–Crippen LogP) is 3.02. The summed E-state index contributed by atoms with van der Waals surface area (Å²) in [5, 5.41) is 4.36. The van der Waals surface area contributed by atoms with Gasteiger partial charge in [-0.2, -0.15) is 13.2 Å². The van der Waals surface area contributed by atoms with Crippen LogP contribution in [0.4, 0.5) is 18.9 Å². The van der Waals surface area contributed by atoms with Crippen LogP contribution in [0.25, 0.3) is 0 Å². The van der Waals surface area contributed by atoms with Crippen LogP contribution >= 0.6 is 0 Å². The molecule has 0 spiro atoms. The van der Waals surface area contributed by atoms with E-state index in [0.29, 0.717) is 5.56 Å². The van der Waals surface area contributed by atoms with E-state index < -0.39 is 12.1 Å². The number of carbonyl (C=O) groups excluding carboxylic acids is 2. The number of halogens is 3. The molecule has 1 aromatic carbocycles. The van der Waals surface area contributed by atoms with Crippen LogP contribution in [0.5, 0.6) is 0 Å². The van der Waals surface area contributed by atoms with Crippen molar-refractivity contribution in [3.63, 3.8) is 0 Å². The Morgan fingerprint density at radius 3 is 2.55 bits per heavy atom. The summed E-state index contributed by atoms with van der Waals surface area (Å²) < 4.78 is 36.5. The summed E-state index contributed by atoms with van der Waals surface area (Å²) in [5.74, 6) is -2.08. The van der Waals surface area contributed by atoms with E-state index in [-0.39, 0.29) is 24.1 Å². The molecule has 2 amide bonds. The smallest absolute Gasteiger partial charge is 0.348 e. The summed E-state index contributed by atoms with van der Waals surface area (Å²) in [5.41, 5.74) is 0.595. The van der Waals surface area contributed by atoms with E-state index >= 15 is 0 Å². The normalized spacial score (nSPS) is 11.7. The summed E-state index contributed by atoms with van der Waals surface area (Å²) >= 11 is 0. The molecule has 0 saturated carbocycles. The number of rotatable bonds is 5. The first-order chi connectivity index (χ1) is 10.2. The van der Waals surface area contributed by atoms with Crippen LogP contribution in [-0.2, 0) is 16.1 Å². The molecule has 0 bridgehead atoms. The van der Waals surface area contributed by atoms with E-state index in [0.717, 1.165) is 0 Å². The number of benzene rings is 1. The minimum Gasteiger partial charge on any atom is -0.348 e. The summed E-state index contributed by atoms with van der Waals surface area (Å²) in [6.45, 7) is 4.00. The maximum atomic E-state index is 12.2. The zero-order chi connectivity index (χ0) is 16.8. The minimum atomic E-state index is -4.94. The van der Waals surface area contributed by atoms with E-state index in [4.69, 9.17) is 0 Å². The number of hydrogen-bond acceptors (Lipinski definition) is 2. The summed E-state index contributed by atoms with van der Waals surface area (Å²) in [4.78, 5) is 22.3. The molecule has 1 aromatic rings. The average molecular weight is 314 g/mol. The van der Waals surface area contributed by atoms with E-state index in [1.807, 2.05) is 13.8 Å². The fraction of sp³-hybridized carbons (Fsp3) is 0.333. The Hall–Kier alpha value is -2.31. The highest BCUT2D eigenvalue weighted by Gasteiger charge is 2.38. The van der Waals surface area contributed by atoms with Gasteiger partial charge < -0.3 is 10.6 Å². The topological polar surface area (TPSA) is 58.2 Å². The van der Waals surface area contributed by atoms with Crippen LogP contribution in [0.15, 0.2) is 36.4 Å². The van der Waals surface area contributed by atoms with Gasteiger partial charge in [0.15, 0.2) is 0 Å². The van der Waals surface area contributed by atoms with Crippen molar-refractivity contribution in [2.75, 3.05) is 5.32 Å². The Labute approximate surface area is 126 Å². The van der Waals surface area contributed by atoms with Gasteiger partial charge in [-0.25, -0.2) is 0 Å². The Balaban J connectivity index is 2.61. The van der Waals surface area contributed by atoms with Crippen molar-refractivity contribution < 1.29 is 22.8 Å². The van der Waals surface area contributed by atoms with Gasteiger partial charge in [0.1, 0.15) is 0 Å². The molecule has 0 radical (unpaired) electrons. The molecule has 120 valence electrons. The van der Waals surface area contributed by atoms with Gasteiger partial charge in [0.2, 0.25) is 5.91 Å². The van der Waals surface area contributed by atoms with E-state index in [2.05, 4.69) is 5.32 Å². The van der Waals surface area contributed by atoms with Crippen LogP contribution in [0.2, 0.25) is 0 Å². The molecule has 0 unspecified atom stereocenters. The van der Waals surface area contributed by atoms with E-state index in [9.17, 15) is 22.8 Å². The number of alkyl halides is 3. The Morgan fingerprint density at radius 2 is 1.95 bits per heavy atom. The number of anilines is 1. The van der Waals surface area contributed by atoms with Crippen molar-refractivity contribution in [1.29, 1.82) is 0 Å². The molecule has 0 aliphatic rings.